The van der Waals surface area contributed by atoms with Gasteiger partial charge in [0, 0.05) is 17.7 Å². The van der Waals surface area contributed by atoms with Crippen molar-refractivity contribution in [2.75, 3.05) is 18.4 Å². The number of nitrogens with one attached hydrogen (secondary N) is 3. The van der Waals surface area contributed by atoms with E-state index in [2.05, 4.69) is 16.0 Å². The number of carbonyl (C=O) groups is 2. The molecular weight excluding hydrogens is 316 g/mol. The number of benzene rings is 1. The van der Waals surface area contributed by atoms with Crippen molar-refractivity contribution in [2.24, 2.45) is 0 Å². The third kappa shape index (κ3) is 3.72. The van der Waals surface area contributed by atoms with Gasteiger partial charge in [0.2, 0.25) is 11.8 Å². The summed E-state index contributed by atoms with van der Waals surface area (Å²) >= 11 is 0. The van der Waals surface area contributed by atoms with E-state index in [1.807, 2.05) is 0 Å². The zero-order valence-corrected chi connectivity index (χ0v) is 13.3. The fourth-order valence-corrected chi connectivity index (χ4v) is 3.39. The van der Waals surface area contributed by atoms with Gasteiger partial charge in [0.25, 0.3) is 6.43 Å². The standard InChI is InChI=1S/C17H21F2N3O2/c18-16(19)13-9-11(21-14-3-4-15(23)22-17(14)24)1-2-12(13)10-5-7-20-8-6-10/h1-2,9-10,14,16,20-21H,3-8H2,(H,22,23,24). The summed E-state index contributed by atoms with van der Waals surface area (Å²) in [5.41, 5.74) is 1.21. The number of halogens is 2. The van der Waals surface area contributed by atoms with Crippen LogP contribution in [0.5, 0.6) is 0 Å². The Morgan fingerprint density at radius 2 is 1.88 bits per heavy atom. The second-order valence-electron chi connectivity index (χ2n) is 6.32. The zero-order valence-electron chi connectivity index (χ0n) is 13.3. The fourth-order valence-electron chi connectivity index (χ4n) is 3.39. The Kier molecular flexibility index (Phi) is 5.08. The fraction of sp³-hybridized carbons (Fsp3) is 0.529. The third-order valence-corrected chi connectivity index (χ3v) is 4.68. The smallest absolute Gasteiger partial charge is 0.264 e. The molecule has 2 amide bonds. The molecule has 0 saturated carbocycles. The van der Waals surface area contributed by atoms with Crippen molar-refractivity contribution in [1.29, 1.82) is 0 Å². The van der Waals surface area contributed by atoms with Crippen LogP contribution in [0.1, 0.15) is 49.2 Å². The lowest BCUT2D eigenvalue weighted by Crippen LogP contribution is -2.47. The Morgan fingerprint density at radius 3 is 2.54 bits per heavy atom. The normalized spacial score (nSPS) is 22.5. The van der Waals surface area contributed by atoms with Gasteiger partial charge in [-0.25, -0.2) is 8.78 Å². The van der Waals surface area contributed by atoms with Crippen LogP contribution in [0.25, 0.3) is 0 Å². The predicted octanol–water partition coefficient (Wildman–Crippen LogP) is 2.31. The summed E-state index contributed by atoms with van der Waals surface area (Å²) in [6, 6.07) is 4.35. The predicted molar refractivity (Wildman–Crippen MR) is 86.0 cm³/mol. The Morgan fingerprint density at radius 1 is 1.12 bits per heavy atom. The molecule has 1 aromatic rings. The van der Waals surface area contributed by atoms with Gasteiger partial charge in [0.05, 0.1) is 0 Å². The van der Waals surface area contributed by atoms with Crippen LogP contribution in [0.3, 0.4) is 0 Å². The lowest BCUT2D eigenvalue weighted by molar-refractivity contribution is -0.133. The van der Waals surface area contributed by atoms with E-state index in [0.717, 1.165) is 25.9 Å². The molecule has 0 aromatic heterocycles. The monoisotopic (exact) mass is 337 g/mol. The lowest BCUT2D eigenvalue weighted by atomic mass is 9.87. The molecule has 0 aliphatic carbocycles. The van der Waals surface area contributed by atoms with Gasteiger partial charge in [-0.1, -0.05) is 6.07 Å². The number of anilines is 1. The second-order valence-corrected chi connectivity index (χ2v) is 6.32. The zero-order chi connectivity index (χ0) is 17.1. The van der Waals surface area contributed by atoms with Crippen molar-refractivity contribution in [3.8, 4) is 0 Å². The Bertz CT molecular complexity index is 630. The summed E-state index contributed by atoms with van der Waals surface area (Å²) in [5.74, 6) is -0.570. The van der Waals surface area contributed by atoms with E-state index in [4.69, 9.17) is 0 Å². The van der Waals surface area contributed by atoms with Gasteiger partial charge in [0.15, 0.2) is 0 Å². The van der Waals surface area contributed by atoms with Crippen LogP contribution >= 0.6 is 0 Å². The molecule has 1 unspecified atom stereocenters. The summed E-state index contributed by atoms with van der Waals surface area (Å²) < 4.78 is 27.0. The topological polar surface area (TPSA) is 70.2 Å². The number of piperidine rings is 2. The number of alkyl halides is 2. The minimum absolute atomic E-state index is 0.0270. The number of rotatable bonds is 4. The number of hydrogen-bond acceptors (Lipinski definition) is 4. The van der Waals surface area contributed by atoms with Gasteiger partial charge in [0.1, 0.15) is 6.04 Å². The van der Waals surface area contributed by atoms with Gasteiger partial charge < -0.3 is 10.6 Å². The molecule has 0 radical (unpaired) electrons. The molecule has 2 aliphatic rings. The third-order valence-electron chi connectivity index (χ3n) is 4.68. The van der Waals surface area contributed by atoms with Crippen molar-refractivity contribution < 1.29 is 18.4 Å². The highest BCUT2D eigenvalue weighted by Crippen LogP contribution is 2.35. The number of amides is 2. The van der Waals surface area contributed by atoms with E-state index in [9.17, 15) is 18.4 Å². The minimum atomic E-state index is -2.56. The summed E-state index contributed by atoms with van der Waals surface area (Å²) in [6.07, 6.45) is -0.249. The molecule has 2 saturated heterocycles. The van der Waals surface area contributed by atoms with Crippen molar-refractivity contribution >= 4 is 17.5 Å². The summed E-state index contributed by atoms with van der Waals surface area (Å²) in [5, 5.41) is 8.46. The molecule has 0 spiro atoms. The molecule has 7 heteroatoms. The lowest BCUT2D eigenvalue weighted by Gasteiger charge is -2.27. The van der Waals surface area contributed by atoms with Crippen LogP contribution in [-0.2, 0) is 9.59 Å². The maximum Gasteiger partial charge on any atom is 0.264 e. The van der Waals surface area contributed by atoms with Gasteiger partial charge in [-0.05, 0) is 56.0 Å². The van der Waals surface area contributed by atoms with Crippen molar-refractivity contribution in [2.45, 2.75) is 44.1 Å². The summed E-state index contributed by atoms with van der Waals surface area (Å²) in [7, 11) is 0. The highest BCUT2D eigenvalue weighted by molar-refractivity contribution is 6.01. The van der Waals surface area contributed by atoms with Gasteiger partial charge in [-0.2, -0.15) is 0 Å². The Balaban J connectivity index is 1.78. The minimum Gasteiger partial charge on any atom is -0.374 e. The van der Waals surface area contributed by atoms with Gasteiger partial charge >= 0.3 is 0 Å². The van der Waals surface area contributed by atoms with Crippen LogP contribution in [-0.4, -0.2) is 30.9 Å². The van der Waals surface area contributed by atoms with E-state index >= 15 is 0 Å². The molecule has 2 heterocycles. The maximum atomic E-state index is 13.5. The second kappa shape index (κ2) is 7.25. The van der Waals surface area contributed by atoms with Crippen LogP contribution in [0.2, 0.25) is 0 Å². The molecular formula is C17H21F2N3O2. The molecule has 3 rings (SSSR count). The van der Waals surface area contributed by atoms with E-state index in [-0.39, 0.29) is 23.8 Å². The quantitative estimate of drug-likeness (QED) is 0.738. The SMILES string of the molecule is O=C1CCC(Nc2ccc(C3CCNCC3)c(C(F)F)c2)C(=O)N1. The Hall–Kier alpha value is -2.02. The van der Waals surface area contributed by atoms with Crippen LogP contribution in [0.4, 0.5) is 14.5 Å². The van der Waals surface area contributed by atoms with Gasteiger partial charge in [-0.3, -0.25) is 14.9 Å². The molecule has 1 aromatic carbocycles. The molecule has 3 N–H and O–H groups in total. The van der Waals surface area contributed by atoms with Crippen molar-refractivity contribution in [3.05, 3.63) is 29.3 Å². The highest BCUT2D eigenvalue weighted by atomic mass is 19.3. The van der Waals surface area contributed by atoms with E-state index < -0.39 is 18.4 Å². The van der Waals surface area contributed by atoms with E-state index in [1.54, 1.807) is 12.1 Å². The summed E-state index contributed by atoms with van der Waals surface area (Å²) in [4.78, 5) is 23.0. The van der Waals surface area contributed by atoms with Crippen LogP contribution < -0.4 is 16.0 Å². The number of carbonyl (C=O) groups excluding carboxylic acids is 2. The van der Waals surface area contributed by atoms with Crippen molar-refractivity contribution in [3.63, 3.8) is 0 Å². The average molecular weight is 337 g/mol. The molecule has 24 heavy (non-hydrogen) atoms. The molecule has 0 bridgehead atoms. The first-order chi connectivity index (χ1) is 11.5. The highest BCUT2D eigenvalue weighted by Gasteiger charge is 2.27. The summed E-state index contributed by atoms with van der Waals surface area (Å²) in [6.45, 7) is 1.67. The first-order valence-electron chi connectivity index (χ1n) is 8.27. The van der Waals surface area contributed by atoms with Crippen LogP contribution in [0.15, 0.2) is 18.2 Å². The number of imide groups is 1. The first-order valence-corrected chi connectivity index (χ1v) is 8.27. The molecule has 130 valence electrons. The molecule has 2 fully saturated rings. The average Bonchev–Trinajstić information content (AvgIpc) is 2.58. The van der Waals surface area contributed by atoms with E-state index in [0.29, 0.717) is 17.7 Å². The number of hydrogen-bond donors (Lipinski definition) is 3. The molecule has 1 atom stereocenters. The Labute approximate surface area is 139 Å². The first kappa shape index (κ1) is 16.8. The largest absolute Gasteiger partial charge is 0.374 e. The van der Waals surface area contributed by atoms with E-state index in [1.165, 1.54) is 6.07 Å². The molecule has 2 aliphatic heterocycles. The van der Waals surface area contributed by atoms with Gasteiger partial charge in [-0.15, -0.1) is 0 Å². The maximum absolute atomic E-state index is 13.5. The molecule has 5 nitrogen and oxygen atoms in total. The van der Waals surface area contributed by atoms with Crippen molar-refractivity contribution in [1.82, 2.24) is 10.6 Å². The van der Waals surface area contributed by atoms with Crippen LogP contribution in [0, 0.1) is 0 Å².